The van der Waals surface area contributed by atoms with E-state index in [2.05, 4.69) is 61.8 Å². The average Bonchev–Trinajstić information content (AvgIpc) is 2.89. The molecule has 0 aliphatic rings. The van der Waals surface area contributed by atoms with Crippen molar-refractivity contribution in [1.29, 1.82) is 0 Å². The molecule has 2 N–H and O–H groups in total. The Labute approximate surface area is 198 Å². The predicted molar refractivity (Wildman–Crippen MR) is 141 cm³/mol. The molecule has 0 fully saturated rings. The van der Waals surface area contributed by atoms with Crippen LogP contribution in [-0.4, -0.2) is 19.1 Å². The fourth-order valence-corrected chi connectivity index (χ4v) is 3.06. The molecule has 2 aromatic carbocycles. The molecule has 0 radical (unpaired) electrons. The number of hydrogen-bond donors (Lipinski definition) is 2. The zero-order valence-electron chi connectivity index (χ0n) is 19.1. The number of ether oxygens (including phenoxy) is 1. The molecule has 0 saturated carbocycles. The first kappa shape index (κ1) is 27.6. The zero-order valence-corrected chi connectivity index (χ0v) is 21.1. The topological polar surface area (TPSA) is 46.2 Å². The minimum Gasteiger partial charge on any atom is -0.497 e. The van der Waals surface area contributed by atoms with Crippen LogP contribution in [-0.2, 0) is 6.54 Å². The lowest BCUT2D eigenvalue weighted by molar-refractivity contribution is 0.414. The van der Waals surface area contributed by atoms with Gasteiger partial charge in [0.05, 0.1) is 19.0 Å². The Balaban J connectivity index is 0.000000358. The van der Waals surface area contributed by atoms with Crippen LogP contribution in [0.15, 0.2) is 78.5 Å². The van der Waals surface area contributed by atoms with Crippen LogP contribution in [0.1, 0.15) is 36.3 Å². The standard InChI is InChI=1S/C17H20NOP.C6H7FN2S.C2H6/c1-3-13-7-9-14(10-8-13)12-18-17(20)15-5-4-6-16(11-15)19-2;1-8-5-2-3-6(10-7)9-4-5;1-2/h3-11,17-18H,1,12,20H2,2H3;2-4,8H,1H3;1-2H3. The number of aromatic nitrogens is 1. The summed E-state index contributed by atoms with van der Waals surface area (Å²) < 4.78 is 17.0. The summed E-state index contributed by atoms with van der Waals surface area (Å²) in [4.78, 5) is 3.79. The summed E-state index contributed by atoms with van der Waals surface area (Å²) in [6.07, 6.45) is 3.44. The molecule has 1 aromatic heterocycles. The van der Waals surface area contributed by atoms with Crippen LogP contribution < -0.4 is 15.4 Å². The largest absolute Gasteiger partial charge is 0.497 e. The lowest BCUT2D eigenvalue weighted by atomic mass is 10.1. The van der Waals surface area contributed by atoms with Crippen molar-refractivity contribution in [2.24, 2.45) is 0 Å². The first-order valence-corrected chi connectivity index (χ1v) is 11.7. The van der Waals surface area contributed by atoms with Crippen molar-refractivity contribution in [2.45, 2.75) is 31.2 Å². The van der Waals surface area contributed by atoms with Crippen molar-refractivity contribution in [1.82, 2.24) is 10.3 Å². The second-order valence-electron chi connectivity index (χ2n) is 6.29. The van der Waals surface area contributed by atoms with E-state index in [1.165, 1.54) is 11.1 Å². The van der Waals surface area contributed by atoms with Gasteiger partial charge in [-0.3, -0.25) is 0 Å². The van der Waals surface area contributed by atoms with Gasteiger partial charge in [0.1, 0.15) is 22.9 Å². The van der Waals surface area contributed by atoms with Gasteiger partial charge in [-0.15, -0.1) is 9.24 Å². The number of anilines is 1. The van der Waals surface area contributed by atoms with Crippen LogP contribution in [0.2, 0.25) is 0 Å². The molecular weight excluding hydrogens is 440 g/mol. The van der Waals surface area contributed by atoms with Crippen molar-refractivity contribution >= 4 is 33.2 Å². The molecule has 0 amide bonds. The number of hydrogen-bond acceptors (Lipinski definition) is 5. The fourth-order valence-electron chi connectivity index (χ4n) is 2.53. The Kier molecular flexibility index (Phi) is 14.0. The fraction of sp³-hybridized carbons (Fsp3) is 0.240. The maximum absolute atomic E-state index is 11.8. The smallest absolute Gasteiger partial charge is 0.129 e. The molecule has 172 valence electrons. The van der Waals surface area contributed by atoms with Crippen LogP contribution in [0, 0.1) is 0 Å². The van der Waals surface area contributed by atoms with E-state index in [0.29, 0.717) is 5.03 Å². The molecule has 4 nitrogen and oxygen atoms in total. The molecule has 0 saturated heterocycles. The van der Waals surface area contributed by atoms with E-state index in [0.717, 1.165) is 23.5 Å². The molecule has 0 aliphatic heterocycles. The van der Waals surface area contributed by atoms with Crippen LogP contribution in [0.25, 0.3) is 6.08 Å². The SMILES string of the molecule is C=Cc1ccc(CNC(P)c2cccc(OC)c2)cc1.CC.CNc1ccc(SF)nc1. The van der Waals surface area contributed by atoms with Gasteiger partial charge in [-0.25, -0.2) is 4.98 Å². The number of methoxy groups -OCH3 is 1. The Hall–Kier alpha value is -2.40. The van der Waals surface area contributed by atoms with Crippen molar-refractivity contribution in [3.63, 3.8) is 0 Å². The van der Waals surface area contributed by atoms with Crippen LogP contribution in [0.3, 0.4) is 0 Å². The number of nitrogens with zero attached hydrogens (tertiary/aromatic N) is 1. The van der Waals surface area contributed by atoms with Gasteiger partial charge in [-0.1, -0.05) is 62.9 Å². The van der Waals surface area contributed by atoms with E-state index >= 15 is 0 Å². The molecular formula is C25H33FN3OPS. The number of rotatable bonds is 8. The summed E-state index contributed by atoms with van der Waals surface area (Å²) in [5.41, 5.74) is 4.48. The third-order valence-corrected chi connectivity index (χ3v) is 5.32. The Morgan fingerprint density at radius 1 is 1.16 bits per heavy atom. The molecule has 2 atom stereocenters. The molecule has 32 heavy (non-hydrogen) atoms. The Morgan fingerprint density at radius 2 is 1.88 bits per heavy atom. The second-order valence-corrected chi connectivity index (χ2v) is 7.53. The summed E-state index contributed by atoms with van der Waals surface area (Å²) in [6, 6.07) is 19.9. The number of nitrogens with one attached hydrogen (secondary N) is 2. The van der Waals surface area contributed by atoms with E-state index in [4.69, 9.17) is 4.74 Å². The summed E-state index contributed by atoms with van der Waals surface area (Å²) in [5, 5.41) is 6.76. The lowest BCUT2D eigenvalue weighted by Gasteiger charge is -2.15. The van der Waals surface area contributed by atoms with E-state index in [9.17, 15) is 3.89 Å². The zero-order chi connectivity index (χ0) is 23.8. The van der Waals surface area contributed by atoms with Gasteiger partial charge in [0, 0.05) is 19.4 Å². The van der Waals surface area contributed by atoms with Crippen LogP contribution in [0.4, 0.5) is 9.57 Å². The van der Waals surface area contributed by atoms with Gasteiger partial charge >= 0.3 is 0 Å². The predicted octanol–water partition coefficient (Wildman–Crippen LogP) is 7.13. The average molecular weight is 474 g/mol. The van der Waals surface area contributed by atoms with Gasteiger partial charge in [0.15, 0.2) is 0 Å². The maximum Gasteiger partial charge on any atom is 0.129 e. The van der Waals surface area contributed by atoms with Crippen LogP contribution >= 0.6 is 21.4 Å². The van der Waals surface area contributed by atoms with Gasteiger partial charge in [-0.05, 0) is 41.0 Å². The summed E-state index contributed by atoms with van der Waals surface area (Å²) in [6.45, 7) is 8.58. The summed E-state index contributed by atoms with van der Waals surface area (Å²) in [5.74, 6) is 1.08. The van der Waals surface area contributed by atoms with Crippen molar-refractivity contribution in [2.75, 3.05) is 19.5 Å². The van der Waals surface area contributed by atoms with Crippen molar-refractivity contribution in [3.05, 3.63) is 90.1 Å². The molecule has 7 heteroatoms. The highest BCUT2D eigenvalue weighted by Gasteiger charge is 2.06. The van der Waals surface area contributed by atoms with Crippen LogP contribution in [0.5, 0.6) is 5.75 Å². The maximum atomic E-state index is 11.8. The van der Waals surface area contributed by atoms with E-state index in [1.54, 1.807) is 32.5 Å². The molecule has 0 bridgehead atoms. The van der Waals surface area contributed by atoms with E-state index in [-0.39, 0.29) is 17.9 Å². The van der Waals surface area contributed by atoms with Crippen molar-refractivity contribution < 1.29 is 8.62 Å². The normalized spacial score (nSPS) is 10.6. The van der Waals surface area contributed by atoms with Gasteiger partial charge in [0.25, 0.3) is 0 Å². The molecule has 0 spiro atoms. The second kappa shape index (κ2) is 16.3. The Morgan fingerprint density at radius 3 is 2.41 bits per heavy atom. The third kappa shape index (κ3) is 9.82. The lowest BCUT2D eigenvalue weighted by Crippen LogP contribution is -2.15. The minimum absolute atomic E-state index is 0.149. The highest BCUT2D eigenvalue weighted by atomic mass is 32.2. The molecule has 0 aliphatic carbocycles. The van der Waals surface area contributed by atoms with E-state index in [1.807, 2.05) is 38.1 Å². The monoisotopic (exact) mass is 473 g/mol. The first-order valence-electron chi connectivity index (χ1n) is 10.4. The first-order chi connectivity index (χ1) is 15.6. The van der Waals surface area contributed by atoms with Gasteiger partial charge in [-0.2, -0.15) is 3.89 Å². The highest BCUT2D eigenvalue weighted by molar-refractivity contribution is 7.94. The summed E-state index contributed by atoms with van der Waals surface area (Å²) >= 11 is 0.149. The number of halogens is 1. The number of benzene rings is 2. The summed E-state index contributed by atoms with van der Waals surface area (Å²) in [7, 11) is 6.30. The Bertz CT molecular complexity index is 885. The molecule has 3 aromatic rings. The van der Waals surface area contributed by atoms with Crippen molar-refractivity contribution in [3.8, 4) is 5.75 Å². The van der Waals surface area contributed by atoms with Gasteiger partial charge in [0.2, 0.25) is 0 Å². The molecule has 3 rings (SSSR count). The highest BCUT2D eigenvalue weighted by Crippen LogP contribution is 2.24. The third-order valence-electron chi connectivity index (χ3n) is 4.30. The van der Waals surface area contributed by atoms with Gasteiger partial charge < -0.3 is 15.4 Å². The minimum atomic E-state index is 0.149. The molecule has 1 heterocycles. The molecule has 2 unspecified atom stereocenters. The van der Waals surface area contributed by atoms with E-state index < -0.39 is 0 Å². The number of pyridine rings is 1. The quantitative estimate of drug-likeness (QED) is 0.341.